The van der Waals surface area contributed by atoms with Gasteiger partial charge in [-0.2, -0.15) is 5.10 Å². The molecule has 0 N–H and O–H groups in total. The van der Waals surface area contributed by atoms with Crippen molar-refractivity contribution in [1.82, 2.24) is 19.3 Å². The summed E-state index contributed by atoms with van der Waals surface area (Å²) in [4.78, 5) is 14.5. The quantitative estimate of drug-likeness (QED) is 0.695. The first-order valence-corrected chi connectivity index (χ1v) is 4.74. The lowest BCUT2D eigenvalue weighted by Gasteiger charge is -2.03. The third-order valence-electron chi connectivity index (χ3n) is 2.20. The fourth-order valence-corrected chi connectivity index (χ4v) is 1.42. The molecule has 0 atom stereocenters. The van der Waals surface area contributed by atoms with Crippen LogP contribution in [0.1, 0.15) is 16.1 Å². The van der Waals surface area contributed by atoms with Gasteiger partial charge in [0.2, 0.25) is 0 Å². The zero-order chi connectivity index (χ0) is 10.7. The van der Waals surface area contributed by atoms with Crippen LogP contribution in [-0.2, 0) is 13.1 Å². The average Bonchev–Trinajstić information content (AvgIpc) is 2.83. The Balaban J connectivity index is 2.01. The molecule has 0 saturated carbocycles. The molecular formula is C10H12N4O. The standard InChI is InChI=1S/C10H12N4O/c1-9-4-12-14(6-9)3-2-13-8-11-5-10(13)7-15/h4-8H,2-3H2,1H3. The normalized spacial score (nSPS) is 10.5. The molecule has 0 fully saturated rings. The zero-order valence-corrected chi connectivity index (χ0v) is 8.50. The maximum Gasteiger partial charge on any atom is 0.168 e. The molecule has 0 aliphatic heterocycles. The highest BCUT2D eigenvalue weighted by atomic mass is 16.1. The number of carbonyl (C=O) groups is 1. The van der Waals surface area contributed by atoms with Crippen molar-refractivity contribution in [1.29, 1.82) is 0 Å². The Hall–Kier alpha value is -1.91. The summed E-state index contributed by atoms with van der Waals surface area (Å²) in [6.07, 6.45) is 7.80. The SMILES string of the molecule is Cc1cnn(CCn2cncc2C=O)c1. The molecule has 2 aromatic rings. The van der Waals surface area contributed by atoms with Gasteiger partial charge in [-0.15, -0.1) is 0 Å². The smallest absolute Gasteiger partial charge is 0.168 e. The van der Waals surface area contributed by atoms with Gasteiger partial charge in [-0.05, 0) is 12.5 Å². The Kier molecular flexibility index (Phi) is 2.62. The van der Waals surface area contributed by atoms with Gasteiger partial charge in [0, 0.05) is 12.7 Å². The third-order valence-corrected chi connectivity index (χ3v) is 2.20. The summed E-state index contributed by atoms with van der Waals surface area (Å²) in [5.74, 6) is 0. The second-order valence-corrected chi connectivity index (χ2v) is 3.41. The fraction of sp³-hybridized carbons (Fsp3) is 0.300. The lowest BCUT2D eigenvalue weighted by molar-refractivity contribution is 0.111. The number of nitrogens with zero attached hydrogens (tertiary/aromatic N) is 4. The summed E-state index contributed by atoms with van der Waals surface area (Å²) in [5.41, 5.74) is 1.73. The Labute approximate surface area is 87.4 Å². The van der Waals surface area contributed by atoms with Gasteiger partial charge >= 0.3 is 0 Å². The van der Waals surface area contributed by atoms with Crippen LogP contribution in [0.25, 0.3) is 0 Å². The van der Waals surface area contributed by atoms with Gasteiger partial charge in [0.05, 0.1) is 25.3 Å². The van der Waals surface area contributed by atoms with E-state index in [9.17, 15) is 4.79 Å². The predicted octanol–water partition coefficient (Wildman–Crippen LogP) is 0.901. The van der Waals surface area contributed by atoms with Crippen molar-refractivity contribution in [2.24, 2.45) is 0 Å². The Morgan fingerprint density at radius 2 is 2.27 bits per heavy atom. The zero-order valence-electron chi connectivity index (χ0n) is 8.50. The molecule has 0 aliphatic rings. The number of hydrogen-bond donors (Lipinski definition) is 0. The highest BCUT2D eigenvalue weighted by Gasteiger charge is 2.00. The summed E-state index contributed by atoms with van der Waals surface area (Å²) in [6, 6.07) is 0. The number of imidazole rings is 1. The van der Waals surface area contributed by atoms with E-state index in [2.05, 4.69) is 10.1 Å². The molecular weight excluding hydrogens is 192 g/mol. The minimum Gasteiger partial charge on any atom is -0.327 e. The van der Waals surface area contributed by atoms with Crippen LogP contribution in [0.4, 0.5) is 0 Å². The molecule has 0 radical (unpaired) electrons. The van der Waals surface area contributed by atoms with E-state index in [1.165, 1.54) is 0 Å². The molecule has 2 aromatic heterocycles. The molecule has 0 aliphatic carbocycles. The van der Waals surface area contributed by atoms with Crippen molar-refractivity contribution >= 4 is 6.29 Å². The summed E-state index contributed by atoms with van der Waals surface area (Å²) in [7, 11) is 0. The molecule has 15 heavy (non-hydrogen) atoms. The van der Waals surface area contributed by atoms with Crippen molar-refractivity contribution in [2.45, 2.75) is 20.0 Å². The molecule has 5 heteroatoms. The molecule has 0 spiro atoms. The number of carbonyl (C=O) groups excluding carboxylic acids is 1. The van der Waals surface area contributed by atoms with Crippen molar-refractivity contribution in [2.75, 3.05) is 0 Å². The maximum absolute atomic E-state index is 10.6. The third kappa shape index (κ3) is 2.12. The largest absolute Gasteiger partial charge is 0.327 e. The molecule has 2 heterocycles. The predicted molar refractivity (Wildman–Crippen MR) is 54.6 cm³/mol. The van der Waals surface area contributed by atoms with Gasteiger partial charge < -0.3 is 4.57 Å². The van der Waals surface area contributed by atoms with Gasteiger partial charge in [0.1, 0.15) is 5.69 Å². The van der Waals surface area contributed by atoms with Gasteiger partial charge in [-0.25, -0.2) is 4.98 Å². The molecule has 78 valence electrons. The molecule has 0 bridgehead atoms. The number of aromatic nitrogens is 4. The highest BCUT2D eigenvalue weighted by Crippen LogP contribution is 1.98. The van der Waals surface area contributed by atoms with Gasteiger partial charge in [-0.1, -0.05) is 0 Å². The minimum absolute atomic E-state index is 0.596. The van der Waals surface area contributed by atoms with E-state index in [-0.39, 0.29) is 0 Å². The van der Waals surface area contributed by atoms with Crippen LogP contribution in [0.2, 0.25) is 0 Å². The van der Waals surface area contributed by atoms with E-state index in [1.54, 1.807) is 12.5 Å². The summed E-state index contributed by atoms with van der Waals surface area (Å²) < 4.78 is 3.66. The first kappa shape index (κ1) is 9.64. The summed E-state index contributed by atoms with van der Waals surface area (Å²) in [5, 5.41) is 4.17. The summed E-state index contributed by atoms with van der Waals surface area (Å²) >= 11 is 0. The van der Waals surface area contributed by atoms with Crippen LogP contribution < -0.4 is 0 Å². The van der Waals surface area contributed by atoms with Crippen LogP contribution in [0.15, 0.2) is 24.9 Å². The second-order valence-electron chi connectivity index (χ2n) is 3.41. The van der Waals surface area contributed by atoms with E-state index in [1.807, 2.05) is 28.6 Å². The number of aldehydes is 1. The molecule has 0 unspecified atom stereocenters. The second kappa shape index (κ2) is 4.08. The molecule has 0 aromatic carbocycles. The van der Waals surface area contributed by atoms with Crippen molar-refractivity contribution in [3.63, 3.8) is 0 Å². The molecule has 0 amide bonds. The van der Waals surface area contributed by atoms with Crippen LogP contribution >= 0.6 is 0 Å². The van der Waals surface area contributed by atoms with E-state index in [4.69, 9.17) is 0 Å². The van der Waals surface area contributed by atoms with Gasteiger partial charge in [-0.3, -0.25) is 9.48 Å². The lowest BCUT2D eigenvalue weighted by atomic mass is 10.4. The van der Waals surface area contributed by atoms with Crippen LogP contribution in [-0.4, -0.2) is 25.6 Å². The van der Waals surface area contributed by atoms with Gasteiger partial charge in [0.15, 0.2) is 6.29 Å². The van der Waals surface area contributed by atoms with E-state index >= 15 is 0 Å². The first-order chi connectivity index (χ1) is 7.29. The van der Waals surface area contributed by atoms with Gasteiger partial charge in [0.25, 0.3) is 0 Å². The van der Waals surface area contributed by atoms with Crippen molar-refractivity contribution < 1.29 is 4.79 Å². The number of rotatable bonds is 4. The highest BCUT2D eigenvalue weighted by molar-refractivity contribution is 5.71. The molecule has 5 nitrogen and oxygen atoms in total. The van der Waals surface area contributed by atoms with Crippen LogP contribution in [0.5, 0.6) is 0 Å². The number of hydrogen-bond acceptors (Lipinski definition) is 3. The topological polar surface area (TPSA) is 52.7 Å². The minimum atomic E-state index is 0.596. The van der Waals surface area contributed by atoms with E-state index < -0.39 is 0 Å². The Bertz CT molecular complexity index is 457. The number of aryl methyl sites for hydroxylation is 3. The van der Waals surface area contributed by atoms with Crippen molar-refractivity contribution in [3.05, 3.63) is 36.2 Å². The molecule has 2 rings (SSSR count). The summed E-state index contributed by atoms with van der Waals surface area (Å²) in [6.45, 7) is 3.44. The monoisotopic (exact) mass is 204 g/mol. The Morgan fingerprint density at radius 3 is 2.93 bits per heavy atom. The maximum atomic E-state index is 10.6. The first-order valence-electron chi connectivity index (χ1n) is 4.74. The van der Waals surface area contributed by atoms with Crippen LogP contribution in [0, 0.1) is 6.92 Å². The van der Waals surface area contributed by atoms with E-state index in [0.29, 0.717) is 12.2 Å². The average molecular weight is 204 g/mol. The Morgan fingerprint density at radius 1 is 1.40 bits per heavy atom. The lowest BCUT2D eigenvalue weighted by Crippen LogP contribution is -2.09. The fourth-order valence-electron chi connectivity index (χ4n) is 1.42. The van der Waals surface area contributed by atoms with Crippen LogP contribution in [0.3, 0.4) is 0 Å². The van der Waals surface area contributed by atoms with Crippen molar-refractivity contribution in [3.8, 4) is 0 Å². The molecule has 0 saturated heterocycles. The van der Waals surface area contributed by atoms with E-state index in [0.717, 1.165) is 18.4 Å².